The van der Waals surface area contributed by atoms with Gasteiger partial charge in [-0.3, -0.25) is 9.69 Å². The smallest absolute Gasteiger partial charge is 0.260 e. The number of carbonyl (C=O) groups is 1. The van der Waals surface area contributed by atoms with E-state index in [4.69, 9.17) is 19.2 Å². The van der Waals surface area contributed by atoms with Crippen molar-refractivity contribution in [3.63, 3.8) is 0 Å². The second-order valence-electron chi connectivity index (χ2n) is 7.75. The Balaban J connectivity index is 2.08. The summed E-state index contributed by atoms with van der Waals surface area (Å²) < 4.78 is 17.4. The highest BCUT2D eigenvalue weighted by Gasteiger charge is 2.25. The molecule has 0 saturated heterocycles. The Bertz CT molecular complexity index is 1100. The molecule has 33 heavy (non-hydrogen) atoms. The third-order valence-electron chi connectivity index (χ3n) is 6.00. The van der Waals surface area contributed by atoms with Crippen LogP contribution in [0.25, 0.3) is 10.2 Å². The van der Waals surface area contributed by atoms with Gasteiger partial charge in [0.15, 0.2) is 16.6 Å². The van der Waals surface area contributed by atoms with E-state index in [1.807, 2.05) is 0 Å². The number of aromatic nitrogens is 1. The van der Waals surface area contributed by atoms with Crippen molar-refractivity contribution in [3.8, 4) is 17.2 Å². The summed E-state index contributed by atoms with van der Waals surface area (Å²) >= 11 is 1.53. The van der Waals surface area contributed by atoms with Crippen LogP contribution in [0.3, 0.4) is 0 Å². The molecule has 0 bridgehead atoms. The molecule has 0 aliphatic carbocycles. The Kier molecular flexibility index (Phi) is 8.15. The van der Waals surface area contributed by atoms with Crippen molar-refractivity contribution < 1.29 is 19.0 Å². The number of fused-ring (bicyclic) bond motifs is 1. The fourth-order valence-corrected chi connectivity index (χ4v) is 4.80. The first kappa shape index (κ1) is 24.8. The monoisotopic (exact) mass is 471 g/mol. The molecule has 0 atom stereocenters. The number of nitrogens with zero attached hydrogens (tertiary/aromatic N) is 3. The number of benzene rings is 2. The average molecular weight is 472 g/mol. The van der Waals surface area contributed by atoms with E-state index in [2.05, 4.69) is 44.7 Å². The molecule has 0 aliphatic heterocycles. The minimum atomic E-state index is -0.158. The zero-order valence-corrected chi connectivity index (χ0v) is 21.3. The standard InChI is InChI=1S/C25H33N3O4S/c1-8-27(9-2)12-13-28(25-26-22-17(4)16(3)10-11-21(22)33-25)24(29)18-14-19(30-5)23(32-7)20(15-18)31-6/h10-11,14-15H,8-9,12-13H2,1-7H3. The SMILES string of the molecule is CCN(CC)CCN(C(=O)c1cc(OC)c(OC)c(OC)c1)c1nc2c(C)c(C)ccc2s1. The van der Waals surface area contributed by atoms with Crippen LogP contribution in [0, 0.1) is 13.8 Å². The summed E-state index contributed by atoms with van der Waals surface area (Å²) in [6, 6.07) is 7.56. The summed E-state index contributed by atoms with van der Waals surface area (Å²) in [7, 11) is 4.63. The topological polar surface area (TPSA) is 64.1 Å². The van der Waals surface area contributed by atoms with Gasteiger partial charge in [0.1, 0.15) is 0 Å². The lowest BCUT2D eigenvalue weighted by Crippen LogP contribution is -2.38. The van der Waals surface area contributed by atoms with Crippen LogP contribution in [0.1, 0.15) is 35.3 Å². The fraction of sp³-hybridized carbons (Fsp3) is 0.440. The zero-order valence-electron chi connectivity index (χ0n) is 20.5. The molecule has 0 radical (unpaired) electrons. The molecule has 3 aromatic rings. The molecular formula is C25H33N3O4S. The van der Waals surface area contributed by atoms with Crippen LogP contribution < -0.4 is 19.1 Å². The number of hydrogen-bond acceptors (Lipinski definition) is 7. The van der Waals surface area contributed by atoms with E-state index in [1.165, 1.54) is 16.9 Å². The summed E-state index contributed by atoms with van der Waals surface area (Å²) in [6.45, 7) is 11.5. The van der Waals surface area contributed by atoms with Gasteiger partial charge in [0.05, 0.1) is 31.5 Å². The van der Waals surface area contributed by atoms with Gasteiger partial charge in [0, 0.05) is 18.7 Å². The van der Waals surface area contributed by atoms with Crippen molar-refractivity contribution in [2.24, 2.45) is 0 Å². The Hall–Kier alpha value is -2.84. The van der Waals surface area contributed by atoms with Crippen molar-refractivity contribution in [1.29, 1.82) is 0 Å². The number of methoxy groups -OCH3 is 3. The maximum Gasteiger partial charge on any atom is 0.260 e. The van der Waals surface area contributed by atoms with Crippen molar-refractivity contribution >= 4 is 32.6 Å². The normalized spacial score (nSPS) is 11.2. The lowest BCUT2D eigenvalue weighted by Gasteiger charge is -2.25. The van der Waals surface area contributed by atoms with Gasteiger partial charge in [-0.15, -0.1) is 0 Å². The van der Waals surface area contributed by atoms with Crippen LogP contribution in [-0.2, 0) is 0 Å². The minimum Gasteiger partial charge on any atom is -0.493 e. The fourth-order valence-electron chi connectivity index (χ4n) is 3.76. The van der Waals surface area contributed by atoms with E-state index in [-0.39, 0.29) is 5.91 Å². The van der Waals surface area contributed by atoms with Crippen LogP contribution >= 0.6 is 11.3 Å². The first-order valence-corrected chi connectivity index (χ1v) is 11.9. The lowest BCUT2D eigenvalue weighted by atomic mass is 10.1. The van der Waals surface area contributed by atoms with Crippen LogP contribution in [-0.4, -0.2) is 63.3 Å². The first-order valence-electron chi connectivity index (χ1n) is 11.1. The summed E-state index contributed by atoms with van der Waals surface area (Å²) in [5.74, 6) is 1.19. The van der Waals surface area contributed by atoms with Gasteiger partial charge >= 0.3 is 0 Å². The molecule has 0 N–H and O–H groups in total. The number of thiazole rings is 1. The van der Waals surface area contributed by atoms with Crippen LogP contribution in [0.4, 0.5) is 5.13 Å². The maximum atomic E-state index is 13.8. The molecule has 0 spiro atoms. The van der Waals surface area contributed by atoms with Crippen molar-refractivity contribution in [3.05, 3.63) is 41.0 Å². The highest BCUT2D eigenvalue weighted by molar-refractivity contribution is 7.22. The minimum absolute atomic E-state index is 0.158. The van der Waals surface area contributed by atoms with Crippen molar-refractivity contribution in [2.45, 2.75) is 27.7 Å². The molecule has 8 heteroatoms. The average Bonchev–Trinajstić information content (AvgIpc) is 3.27. The number of hydrogen-bond donors (Lipinski definition) is 0. The second-order valence-corrected chi connectivity index (χ2v) is 8.76. The van der Waals surface area contributed by atoms with Gasteiger partial charge in [-0.1, -0.05) is 31.3 Å². The number of ether oxygens (including phenoxy) is 3. The first-order chi connectivity index (χ1) is 15.9. The third-order valence-corrected chi connectivity index (χ3v) is 7.04. The highest BCUT2D eigenvalue weighted by Crippen LogP contribution is 2.39. The van der Waals surface area contributed by atoms with Crippen LogP contribution in [0.15, 0.2) is 24.3 Å². The summed E-state index contributed by atoms with van der Waals surface area (Å²) in [5, 5.41) is 0.685. The van der Waals surface area contributed by atoms with E-state index in [1.54, 1.807) is 38.4 Å². The predicted octanol–water partition coefficient (Wildman–Crippen LogP) is 4.93. The third kappa shape index (κ3) is 5.07. The number of anilines is 1. The van der Waals surface area contributed by atoms with Gasteiger partial charge in [0.2, 0.25) is 5.75 Å². The molecule has 1 heterocycles. The van der Waals surface area contributed by atoms with E-state index >= 15 is 0 Å². The van der Waals surface area contributed by atoms with Gasteiger partial charge in [-0.25, -0.2) is 4.98 Å². The molecule has 0 saturated carbocycles. The molecule has 7 nitrogen and oxygen atoms in total. The number of rotatable bonds is 10. The molecule has 0 unspecified atom stereocenters. The Morgan fingerprint density at radius 2 is 1.61 bits per heavy atom. The van der Waals surface area contributed by atoms with Gasteiger partial charge in [-0.2, -0.15) is 0 Å². The Morgan fingerprint density at radius 1 is 0.970 bits per heavy atom. The second kappa shape index (κ2) is 10.9. The maximum absolute atomic E-state index is 13.8. The number of carbonyl (C=O) groups excluding carboxylic acids is 1. The largest absolute Gasteiger partial charge is 0.493 e. The van der Waals surface area contributed by atoms with Crippen molar-refractivity contribution in [2.75, 3.05) is 52.4 Å². The van der Waals surface area contributed by atoms with Crippen LogP contribution in [0.2, 0.25) is 0 Å². The Labute approximate surface area is 199 Å². The molecular weight excluding hydrogens is 438 g/mol. The molecule has 178 valence electrons. The molecule has 0 aliphatic rings. The van der Waals surface area contributed by atoms with E-state index in [0.717, 1.165) is 35.4 Å². The molecule has 1 aromatic heterocycles. The van der Waals surface area contributed by atoms with E-state index in [9.17, 15) is 4.79 Å². The molecule has 3 rings (SSSR count). The molecule has 0 fully saturated rings. The number of amides is 1. The molecule has 2 aromatic carbocycles. The van der Waals surface area contributed by atoms with E-state index in [0.29, 0.717) is 34.5 Å². The predicted molar refractivity (Wildman–Crippen MR) is 135 cm³/mol. The van der Waals surface area contributed by atoms with Crippen molar-refractivity contribution in [1.82, 2.24) is 9.88 Å². The highest BCUT2D eigenvalue weighted by atomic mass is 32.1. The zero-order chi connectivity index (χ0) is 24.1. The molecule has 1 amide bonds. The van der Waals surface area contributed by atoms with E-state index < -0.39 is 0 Å². The quantitative estimate of drug-likeness (QED) is 0.418. The number of likely N-dealkylation sites (N-methyl/N-ethyl adjacent to an activating group) is 1. The van der Waals surface area contributed by atoms with Gasteiger partial charge < -0.3 is 19.1 Å². The van der Waals surface area contributed by atoms with Gasteiger partial charge in [0.25, 0.3) is 5.91 Å². The Morgan fingerprint density at radius 3 is 2.15 bits per heavy atom. The van der Waals surface area contributed by atoms with Crippen LogP contribution in [0.5, 0.6) is 17.2 Å². The van der Waals surface area contributed by atoms with Gasteiger partial charge in [-0.05, 0) is 56.3 Å². The number of aryl methyl sites for hydroxylation is 2. The lowest BCUT2D eigenvalue weighted by molar-refractivity contribution is 0.0983. The summed E-state index contributed by atoms with van der Waals surface area (Å²) in [4.78, 5) is 22.8. The summed E-state index contributed by atoms with van der Waals surface area (Å²) in [6.07, 6.45) is 0. The summed E-state index contributed by atoms with van der Waals surface area (Å²) in [5.41, 5.74) is 3.72.